The Bertz CT molecular complexity index is 372. The second kappa shape index (κ2) is 4.99. The smallest absolute Gasteiger partial charge is 0.281 e. The number of ether oxygens (including phenoxy) is 1. The zero-order chi connectivity index (χ0) is 11.4. The monoisotopic (exact) mass is 221 g/mol. The predicted molar refractivity (Wildman–Crippen MR) is 59.2 cm³/mol. The van der Waals surface area contributed by atoms with Crippen LogP contribution in [0.2, 0.25) is 0 Å². The third kappa shape index (κ3) is 2.17. The highest BCUT2D eigenvalue weighted by Crippen LogP contribution is 2.21. The molecule has 0 atom stereocenters. The van der Waals surface area contributed by atoms with E-state index in [0.29, 0.717) is 31.1 Å². The Balaban J connectivity index is 2.21. The largest absolute Gasteiger partial charge is 0.493 e. The van der Waals surface area contributed by atoms with E-state index in [1.54, 1.807) is 12.1 Å². The first-order valence-corrected chi connectivity index (χ1v) is 5.49. The lowest BCUT2D eigenvalue weighted by Crippen LogP contribution is -2.26. The first-order chi connectivity index (χ1) is 7.83. The van der Waals surface area contributed by atoms with Crippen molar-refractivity contribution in [1.29, 1.82) is 0 Å². The fourth-order valence-corrected chi connectivity index (χ4v) is 1.67. The summed E-state index contributed by atoms with van der Waals surface area (Å²) in [6.45, 7) is 3.71. The van der Waals surface area contributed by atoms with Crippen LogP contribution in [0.25, 0.3) is 0 Å². The molecule has 1 fully saturated rings. The number of amides is 1. The number of nitrogens with zero attached hydrogens (tertiary/aromatic N) is 1. The summed E-state index contributed by atoms with van der Waals surface area (Å²) in [5, 5.41) is 1.40. The average molecular weight is 221 g/mol. The molecular formula is C12H15NO3. The second-order valence-electron chi connectivity index (χ2n) is 3.52. The van der Waals surface area contributed by atoms with Crippen molar-refractivity contribution in [2.45, 2.75) is 13.3 Å². The number of carbonyl (C=O) groups excluding carboxylic acids is 1. The summed E-state index contributed by atoms with van der Waals surface area (Å²) in [6, 6.07) is 7.24. The normalized spacial score (nSPS) is 15.2. The third-order valence-corrected chi connectivity index (χ3v) is 2.40. The highest BCUT2D eigenvalue weighted by Gasteiger charge is 2.23. The van der Waals surface area contributed by atoms with Crippen LogP contribution in [0.15, 0.2) is 24.3 Å². The first kappa shape index (κ1) is 11.0. The Labute approximate surface area is 94.7 Å². The lowest BCUT2D eigenvalue weighted by molar-refractivity contribution is -0.0769. The molecule has 86 valence electrons. The summed E-state index contributed by atoms with van der Waals surface area (Å²) >= 11 is 0. The molecule has 1 amide bonds. The van der Waals surface area contributed by atoms with Crippen molar-refractivity contribution in [2.24, 2.45) is 0 Å². The molecule has 0 unspecified atom stereocenters. The molecular weight excluding hydrogens is 206 g/mol. The van der Waals surface area contributed by atoms with Crippen molar-refractivity contribution in [3.05, 3.63) is 29.8 Å². The number of carbonyl (C=O) groups is 1. The van der Waals surface area contributed by atoms with E-state index in [4.69, 9.17) is 9.57 Å². The molecule has 1 aromatic carbocycles. The fourth-order valence-electron chi connectivity index (χ4n) is 1.67. The number of hydrogen-bond donors (Lipinski definition) is 0. The minimum Gasteiger partial charge on any atom is -0.493 e. The van der Waals surface area contributed by atoms with Gasteiger partial charge in [0.25, 0.3) is 5.91 Å². The summed E-state index contributed by atoms with van der Waals surface area (Å²) < 4.78 is 5.41. The molecule has 2 rings (SSSR count). The van der Waals surface area contributed by atoms with Gasteiger partial charge in [-0.1, -0.05) is 12.1 Å². The molecule has 1 aliphatic rings. The number of para-hydroxylation sites is 1. The molecule has 0 radical (unpaired) electrons. The standard InChI is InChI=1S/C12H15NO3/c1-2-15-11-7-4-3-6-10(11)12(14)13-8-5-9-16-13/h3-4,6-7H,2,5,8-9H2,1H3. The van der Waals surface area contributed by atoms with Crippen LogP contribution in [0.1, 0.15) is 23.7 Å². The van der Waals surface area contributed by atoms with Gasteiger partial charge in [0.2, 0.25) is 0 Å². The van der Waals surface area contributed by atoms with Gasteiger partial charge in [0.1, 0.15) is 5.75 Å². The lowest BCUT2D eigenvalue weighted by Gasteiger charge is -2.16. The number of benzene rings is 1. The van der Waals surface area contributed by atoms with Crippen molar-refractivity contribution >= 4 is 5.91 Å². The first-order valence-electron chi connectivity index (χ1n) is 5.49. The maximum atomic E-state index is 12.1. The van der Waals surface area contributed by atoms with Gasteiger partial charge in [-0.3, -0.25) is 9.63 Å². The molecule has 1 aliphatic heterocycles. The summed E-state index contributed by atoms with van der Waals surface area (Å²) in [5.41, 5.74) is 0.561. The minimum atomic E-state index is -0.124. The van der Waals surface area contributed by atoms with Crippen molar-refractivity contribution in [2.75, 3.05) is 19.8 Å². The summed E-state index contributed by atoms with van der Waals surface area (Å²) in [6.07, 6.45) is 0.891. The summed E-state index contributed by atoms with van der Waals surface area (Å²) in [4.78, 5) is 17.3. The van der Waals surface area contributed by atoms with Gasteiger partial charge in [-0.25, -0.2) is 5.06 Å². The van der Waals surface area contributed by atoms with E-state index in [0.717, 1.165) is 6.42 Å². The van der Waals surface area contributed by atoms with Crippen LogP contribution in [0.4, 0.5) is 0 Å². The van der Waals surface area contributed by atoms with E-state index in [1.165, 1.54) is 5.06 Å². The molecule has 0 aliphatic carbocycles. The van der Waals surface area contributed by atoms with Crippen LogP contribution in [0, 0.1) is 0 Å². The lowest BCUT2D eigenvalue weighted by atomic mass is 10.2. The van der Waals surface area contributed by atoms with Crippen LogP contribution < -0.4 is 4.74 Å². The van der Waals surface area contributed by atoms with Gasteiger partial charge in [0.05, 0.1) is 25.3 Å². The number of hydrogen-bond acceptors (Lipinski definition) is 3. The van der Waals surface area contributed by atoms with E-state index < -0.39 is 0 Å². The van der Waals surface area contributed by atoms with Crippen LogP contribution in [0.3, 0.4) is 0 Å². The van der Waals surface area contributed by atoms with Gasteiger partial charge >= 0.3 is 0 Å². The maximum Gasteiger partial charge on any atom is 0.281 e. The van der Waals surface area contributed by atoms with Gasteiger partial charge in [0.15, 0.2) is 0 Å². The highest BCUT2D eigenvalue weighted by atomic mass is 16.7. The van der Waals surface area contributed by atoms with Crippen LogP contribution in [0.5, 0.6) is 5.75 Å². The molecule has 0 bridgehead atoms. The van der Waals surface area contributed by atoms with Gasteiger partial charge < -0.3 is 4.74 Å². The molecule has 1 heterocycles. The molecule has 0 saturated carbocycles. The van der Waals surface area contributed by atoms with Crippen molar-refractivity contribution in [3.63, 3.8) is 0 Å². The Morgan fingerprint density at radius 3 is 3.00 bits per heavy atom. The fraction of sp³-hybridized carbons (Fsp3) is 0.417. The zero-order valence-electron chi connectivity index (χ0n) is 9.31. The van der Waals surface area contributed by atoms with Crippen molar-refractivity contribution in [1.82, 2.24) is 5.06 Å². The average Bonchev–Trinajstić information content (AvgIpc) is 2.83. The molecule has 0 N–H and O–H groups in total. The van der Waals surface area contributed by atoms with Gasteiger partial charge in [-0.2, -0.15) is 0 Å². The Morgan fingerprint density at radius 1 is 1.50 bits per heavy atom. The molecule has 1 saturated heterocycles. The molecule has 0 aromatic heterocycles. The van der Waals surface area contributed by atoms with Gasteiger partial charge in [-0.15, -0.1) is 0 Å². The maximum absolute atomic E-state index is 12.1. The van der Waals surface area contributed by atoms with Gasteiger partial charge in [-0.05, 0) is 25.5 Å². The van der Waals surface area contributed by atoms with Gasteiger partial charge in [0, 0.05) is 0 Å². The van der Waals surface area contributed by atoms with E-state index in [9.17, 15) is 4.79 Å². The number of rotatable bonds is 3. The van der Waals surface area contributed by atoms with Crippen LogP contribution in [-0.4, -0.2) is 30.7 Å². The van der Waals surface area contributed by atoms with E-state index >= 15 is 0 Å². The SMILES string of the molecule is CCOc1ccccc1C(=O)N1CCCO1. The van der Waals surface area contributed by atoms with Crippen LogP contribution in [-0.2, 0) is 4.84 Å². The quantitative estimate of drug-likeness (QED) is 0.782. The predicted octanol–water partition coefficient (Wildman–Crippen LogP) is 1.86. The van der Waals surface area contributed by atoms with Crippen molar-refractivity contribution < 1.29 is 14.4 Å². The third-order valence-electron chi connectivity index (χ3n) is 2.40. The molecule has 0 spiro atoms. The second-order valence-corrected chi connectivity index (χ2v) is 3.52. The molecule has 4 heteroatoms. The molecule has 1 aromatic rings. The topological polar surface area (TPSA) is 38.8 Å². The Morgan fingerprint density at radius 2 is 2.31 bits per heavy atom. The summed E-state index contributed by atoms with van der Waals surface area (Å²) in [7, 11) is 0. The van der Waals surface area contributed by atoms with E-state index in [-0.39, 0.29) is 5.91 Å². The Kier molecular flexibility index (Phi) is 3.41. The van der Waals surface area contributed by atoms with E-state index in [2.05, 4.69) is 0 Å². The Hall–Kier alpha value is -1.55. The van der Waals surface area contributed by atoms with E-state index in [1.807, 2.05) is 19.1 Å². The summed E-state index contributed by atoms with van der Waals surface area (Å²) in [5.74, 6) is 0.493. The zero-order valence-corrected chi connectivity index (χ0v) is 9.31. The molecule has 4 nitrogen and oxygen atoms in total. The number of hydroxylamine groups is 2. The van der Waals surface area contributed by atoms with Crippen LogP contribution >= 0.6 is 0 Å². The minimum absolute atomic E-state index is 0.124. The highest BCUT2D eigenvalue weighted by molar-refractivity contribution is 5.96. The molecule has 16 heavy (non-hydrogen) atoms. The van der Waals surface area contributed by atoms with Crippen molar-refractivity contribution in [3.8, 4) is 5.75 Å².